The molecular weight excluding hydrogens is 398 g/mol. The Kier molecular flexibility index (Phi) is 4.75. The minimum absolute atomic E-state index is 0.0962. The molecule has 3 amide bonds. The lowest BCUT2D eigenvalue weighted by Crippen LogP contribution is -2.69. The average Bonchev–Trinajstić information content (AvgIpc) is 3.54. The van der Waals surface area contributed by atoms with Crippen molar-refractivity contribution >= 4 is 29.4 Å². The van der Waals surface area contributed by atoms with Gasteiger partial charge in [0.05, 0.1) is 11.3 Å². The van der Waals surface area contributed by atoms with Crippen molar-refractivity contribution in [2.24, 2.45) is 5.92 Å². The molecule has 1 saturated carbocycles. The monoisotopic (exact) mass is 425 g/mol. The minimum Gasteiger partial charge on any atom is -0.452 e. The molecule has 1 aliphatic carbocycles. The van der Waals surface area contributed by atoms with Crippen LogP contribution in [0.2, 0.25) is 0 Å². The highest BCUT2D eigenvalue weighted by Gasteiger charge is 2.64. The van der Waals surface area contributed by atoms with Gasteiger partial charge in [-0.3, -0.25) is 19.3 Å². The van der Waals surface area contributed by atoms with Gasteiger partial charge >= 0.3 is 5.97 Å². The SMILES string of the molecule is CC1CCN(C(=O)COC(=O)[C@@]23CCC(=O)N2c2ccccc2C(=O)N3C2CC2)CC1. The van der Waals surface area contributed by atoms with Gasteiger partial charge in [0.1, 0.15) is 0 Å². The fraction of sp³-hybridized carbons (Fsp3) is 0.565. The number of nitrogens with zero attached hydrogens (tertiary/aromatic N) is 3. The van der Waals surface area contributed by atoms with Crippen molar-refractivity contribution < 1.29 is 23.9 Å². The molecule has 2 saturated heterocycles. The van der Waals surface area contributed by atoms with E-state index in [0.717, 1.165) is 25.7 Å². The molecule has 0 spiro atoms. The molecule has 3 heterocycles. The van der Waals surface area contributed by atoms with Crippen LogP contribution in [0.25, 0.3) is 0 Å². The largest absolute Gasteiger partial charge is 0.452 e. The topological polar surface area (TPSA) is 87.2 Å². The van der Waals surface area contributed by atoms with Crippen LogP contribution in [0.15, 0.2) is 24.3 Å². The van der Waals surface area contributed by atoms with E-state index in [0.29, 0.717) is 30.3 Å². The summed E-state index contributed by atoms with van der Waals surface area (Å²) >= 11 is 0. The molecule has 3 aliphatic heterocycles. The maximum atomic E-state index is 13.5. The highest BCUT2D eigenvalue weighted by Crippen LogP contribution is 2.49. The molecule has 5 rings (SSSR count). The Morgan fingerprint density at radius 1 is 1.10 bits per heavy atom. The molecule has 0 radical (unpaired) electrons. The molecule has 8 nitrogen and oxygen atoms in total. The van der Waals surface area contributed by atoms with E-state index in [2.05, 4.69) is 6.92 Å². The van der Waals surface area contributed by atoms with E-state index in [-0.39, 0.29) is 43.2 Å². The summed E-state index contributed by atoms with van der Waals surface area (Å²) in [4.78, 5) is 57.1. The maximum absolute atomic E-state index is 13.5. The molecule has 31 heavy (non-hydrogen) atoms. The van der Waals surface area contributed by atoms with E-state index in [4.69, 9.17) is 4.74 Å². The second-order valence-corrected chi connectivity index (χ2v) is 9.11. The third-order valence-corrected chi connectivity index (χ3v) is 7.00. The zero-order valence-electron chi connectivity index (χ0n) is 17.7. The van der Waals surface area contributed by atoms with E-state index in [1.54, 1.807) is 34.1 Å². The van der Waals surface area contributed by atoms with Gasteiger partial charge in [-0.1, -0.05) is 19.1 Å². The molecule has 4 aliphatic rings. The number of rotatable bonds is 4. The fourth-order valence-corrected chi connectivity index (χ4v) is 5.10. The molecule has 0 N–H and O–H groups in total. The molecule has 1 aromatic carbocycles. The van der Waals surface area contributed by atoms with Crippen LogP contribution >= 0.6 is 0 Å². The Morgan fingerprint density at radius 3 is 2.52 bits per heavy atom. The van der Waals surface area contributed by atoms with Gasteiger partial charge in [0.25, 0.3) is 11.8 Å². The Bertz CT molecular complexity index is 950. The number of fused-ring (bicyclic) bond motifs is 3. The summed E-state index contributed by atoms with van der Waals surface area (Å²) in [6.45, 7) is 3.11. The van der Waals surface area contributed by atoms with E-state index in [1.807, 2.05) is 0 Å². The highest BCUT2D eigenvalue weighted by atomic mass is 16.5. The van der Waals surface area contributed by atoms with Crippen molar-refractivity contribution in [1.82, 2.24) is 9.80 Å². The molecule has 0 aromatic heterocycles. The third kappa shape index (κ3) is 3.11. The second kappa shape index (κ2) is 7.35. The van der Waals surface area contributed by atoms with E-state index < -0.39 is 11.6 Å². The molecule has 8 heteroatoms. The molecule has 0 unspecified atom stereocenters. The maximum Gasteiger partial charge on any atom is 0.354 e. The number of hydrogen-bond donors (Lipinski definition) is 0. The quantitative estimate of drug-likeness (QED) is 0.688. The molecule has 164 valence electrons. The first kappa shape index (κ1) is 20.0. The fourth-order valence-electron chi connectivity index (χ4n) is 5.10. The number of benzene rings is 1. The van der Waals surface area contributed by atoms with Crippen molar-refractivity contribution in [3.05, 3.63) is 29.8 Å². The van der Waals surface area contributed by atoms with Crippen molar-refractivity contribution in [1.29, 1.82) is 0 Å². The van der Waals surface area contributed by atoms with Gasteiger partial charge in [-0.2, -0.15) is 0 Å². The number of esters is 1. The molecule has 0 bridgehead atoms. The van der Waals surface area contributed by atoms with Gasteiger partial charge < -0.3 is 14.5 Å². The number of hydrogen-bond acceptors (Lipinski definition) is 5. The lowest BCUT2D eigenvalue weighted by molar-refractivity contribution is -0.162. The average molecular weight is 425 g/mol. The van der Waals surface area contributed by atoms with Crippen LogP contribution in [0.1, 0.15) is 55.8 Å². The van der Waals surface area contributed by atoms with Gasteiger partial charge in [0.15, 0.2) is 6.61 Å². The Balaban J connectivity index is 1.43. The number of anilines is 1. The summed E-state index contributed by atoms with van der Waals surface area (Å²) < 4.78 is 5.53. The summed E-state index contributed by atoms with van der Waals surface area (Å²) in [5.74, 6) is -0.792. The summed E-state index contributed by atoms with van der Waals surface area (Å²) in [5.41, 5.74) is -0.632. The van der Waals surface area contributed by atoms with Crippen LogP contribution in [0, 0.1) is 5.92 Å². The minimum atomic E-state index is -1.50. The van der Waals surface area contributed by atoms with Crippen molar-refractivity contribution in [2.45, 2.75) is 57.2 Å². The van der Waals surface area contributed by atoms with Crippen molar-refractivity contribution in [2.75, 3.05) is 24.6 Å². The summed E-state index contributed by atoms with van der Waals surface area (Å²) in [5, 5.41) is 0. The first-order valence-corrected chi connectivity index (χ1v) is 11.1. The van der Waals surface area contributed by atoms with Crippen LogP contribution in [0.5, 0.6) is 0 Å². The predicted octanol–water partition coefficient (Wildman–Crippen LogP) is 1.93. The van der Waals surface area contributed by atoms with Gasteiger partial charge in [0, 0.05) is 32.0 Å². The number of carbonyl (C=O) groups excluding carboxylic acids is 4. The lowest BCUT2D eigenvalue weighted by Gasteiger charge is -2.48. The lowest BCUT2D eigenvalue weighted by atomic mass is 9.96. The third-order valence-electron chi connectivity index (χ3n) is 7.00. The number of ether oxygens (including phenoxy) is 1. The molecule has 1 atom stereocenters. The number of carbonyl (C=O) groups is 4. The van der Waals surface area contributed by atoms with Gasteiger partial charge in [-0.15, -0.1) is 0 Å². The number of likely N-dealkylation sites (tertiary alicyclic amines) is 1. The second-order valence-electron chi connectivity index (χ2n) is 9.11. The molecular formula is C23H27N3O5. The highest BCUT2D eigenvalue weighted by molar-refractivity contribution is 6.15. The van der Waals surface area contributed by atoms with Crippen LogP contribution in [0.3, 0.4) is 0 Å². The zero-order valence-corrected chi connectivity index (χ0v) is 17.7. The Hall–Kier alpha value is -2.90. The Labute approximate surface area is 181 Å². The van der Waals surface area contributed by atoms with Crippen molar-refractivity contribution in [3.8, 4) is 0 Å². The van der Waals surface area contributed by atoms with Crippen LogP contribution in [-0.2, 0) is 19.1 Å². The summed E-state index contributed by atoms with van der Waals surface area (Å²) in [6.07, 6.45) is 3.78. The predicted molar refractivity (Wildman–Crippen MR) is 111 cm³/mol. The zero-order chi connectivity index (χ0) is 21.8. The molecule has 3 fully saturated rings. The summed E-state index contributed by atoms with van der Waals surface area (Å²) in [7, 11) is 0. The molecule has 1 aromatic rings. The van der Waals surface area contributed by atoms with Gasteiger partial charge in [-0.25, -0.2) is 4.79 Å². The Morgan fingerprint density at radius 2 is 1.81 bits per heavy atom. The van der Waals surface area contributed by atoms with E-state index in [9.17, 15) is 19.2 Å². The normalized spacial score (nSPS) is 26.0. The smallest absolute Gasteiger partial charge is 0.354 e. The number of amides is 3. The van der Waals surface area contributed by atoms with Crippen LogP contribution in [-0.4, -0.2) is 64.9 Å². The number of para-hydroxylation sites is 1. The van der Waals surface area contributed by atoms with Crippen LogP contribution in [0.4, 0.5) is 5.69 Å². The number of piperidine rings is 1. The summed E-state index contributed by atoms with van der Waals surface area (Å²) in [6, 6.07) is 6.80. The van der Waals surface area contributed by atoms with Gasteiger partial charge in [-0.05, 0) is 43.7 Å². The first-order valence-electron chi connectivity index (χ1n) is 11.1. The standard InChI is InChI=1S/C23H27N3O5/c1-15-9-12-24(13-10-15)20(28)14-31-22(30)23-11-8-19(27)26(23)18-5-3-2-4-17(18)21(29)25(23)16-6-7-16/h2-5,15-16H,6-14H2,1H3/t23-/m1/s1. The van der Waals surface area contributed by atoms with Crippen molar-refractivity contribution in [3.63, 3.8) is 0 Å². The van der Waals surface area contributed by atoms with E-state index in [1.165, 1.54) is 4.90 Å². The first-order chi connectivity index (χ1) is 14.9. The van der Waals surface area contributed by atoms with Gasteiger partial charge in [0.2, 0.25) is 11.6 Å². The van der Waals surface area contributed by atoms with Crippen LogP contribution < -0.4 is 4.90 Å². The van der Waals surface area contributed by atoms with E-state index >= 15 is 0 Å².